The molecule has 0 radical (unpaired) electrons. The summed E-state index contributed by atoms with van der Waals surface area (Å²) in [6, 6.07) is -0.110. The van der Waals surface area contributed by atoms with Crippen molar-refractivity contribution < 1.29 is 9.59 Å². The van der Waals surface area contributed by atoms with Crippen LogP contribution in [0.3, 0.4) is 0 Å². The molecule has 1 aliphatic carbocycles. The van der Waals surface area contributed by atoms with Crippen LogP contribution in [0, 0.1) is 5.41 Å². The molecule has 0 aromatic rings. The van der Waals surface area contributed by atoms with Crippen molar-refractivity contribution in [3.05, 3.63) is 0 Å². The third-order valence-electron chi connectivity index (χ3n) is 4.88. The van der Waals surface area contributed by atoms with Gasteiger partial charge in [0.25, 0.3) is 0 Å². The molecule has 0 spiro atoms. The minimum absolute atomic E-state index is 0.00773. The van der Waals surface area contributed by atoms with Crippen molar-refractivity contribution in [3.63, 3.8) is 0 Å². The van der Waals surface area contributed by atoms with Gasteiger partial charge in [-0.25, -0.2) is 0 Å². The fourth-order valence-electron chi connectivity index (χ4n) is 3.53. The number of hydrogen-bond donors (Lipinski definition) is 1. The number of rotatable bonds is 2. The van der Waals surface area contributed by atoms with E-state index in [9.17, 15) is 9.59 Å². The quantitative estimate of drug-likeness (QED) is 0.844. The summed E-state index contributed by atoms with van der Waals surface area (Å²) in [5, 5.41) is 2.97. The number of carbonyl (C=O) groups excluding carboxylic acids is 2. The van der Waals surface area contributed by atoms with Gasteiger partial charge in [0.05, 0.1) is 0 Å². The monoisotopic (exact) mass is 280 g/mol. The van der Waals surface area contributed by atoms with Crippen molar-refractivity contribution >= 4 is 11.8 Å². The zero-order valence-corrected chi connectivity index (χ0v) is 13.5. The van der Waals surface area contributed by atoms with E-state index in [1.807, 2.05) is 39.5 Å². The molecule has 2 unspecified atom stereocenters. The SMILES string of the molecule is CCC1(C)NC(=O)C(C(C)(C)C)N(C2CCCC2)C1=O. The summed E-state index contributed by atoms with van der Waals surface area (Å²) in [5.41, 5.74) is -0.973. The summed E-state index contributed by atoms with van der Waals surface area (Å²) in [6.45, 7) is 9.94. The van der Waals surface area contributed by atoms with Gasteiger partial charge in [-0.15, -0.1) is 0 Å². The maximum atomic E-state index is 13.0. The average molecular weight is 280 g/mol. The molecule has 4 nitrogen and oxygen atoms in total. The lowest BCUT2D eigenvalue weighted by Gasteiger charge is -2.50. The second kappa shape index (κ2) is 5.05. The molecule has 4 heteroatoms. The van der Waals surface area contributed by atoms with E-state index in [1.165, 1.54) is 0 Å². The van der Waals surface area contributed by atoms with Gasteiger partial charge in [-0.05, 0) is 31.6 Å². The molecule has 1 N–H and O–H groups in total. The summed E-state index contributed by atoms with van der Waals surface area (Å²) in [6.07, 6.45) is 5.03. The molecule has 1 aliphatic heterocycles. The Morgan fingerprint density at radius 2 is 1.80 bits per heavy atom. The molecular formula is C16H28N2O2. The maximum Gasteiger partial charge on any atom is 0.248 e. The largest absolute Gasteiger partial charge is 0.340 e. The summed E-state index contributed by atoms with van der Waals surface area (Å²) in [5.74, 6) is 0.111. The summed E-state index contributed by atoms with van der Waals surface area (Å²) >= 11 is 0. The Morgan fingerprint density at radius 1 is 1.25 bits per heavy atom. The molecular weight excluding hydrogens is 252 g/mol. The predicted octanol–water partition coefficient (Wildman–Crippen LogP) is 2.47. The van der Waals surface area contributed by atoms with Crippen LogP contribution in [0.4, 0.5) is 0 Å². The van der Waals surface area contributed by atoms with E-state index in [2.05, 4.69) is 5.32 Å². The fourth-order valence-corrected chi connectivity index (χ4v) is 3.53. The van der Waals surface area contributed by atoms with E-state index in [0.29, 0.717) is 6.42 Å². The topological polar surface area (TPSA) is 49.4 Å². The Labute approximate surface area is 122 Å². The molecule has 0 aromatic heterocycles. The Kier molecular flexibility index (Phi) is 3.87. The maximum absolute atomic E-state index is 13.0. The van der Waals surface area contributed by atoms with Crippen molar-refractivity contribution in [2.24, 2.45) is 5.41 Å². The van der Waals surface area contributed by atoms with E-state index in [4.69, 9.17) is 0 Å². The third-order valence-corrected chi connectivity index (χ3v) is 4.88. The lowest BCUT2D eigenvalue weighted by molar-refractivity contribution is -0.162. The van der Waals surface area contributed by atoms with Crippen molar-refractivity contribution in [2.45, 2.75) is 84.3 Å². The average Bonchev–Trinajstić information content (AvgIpc) is 2.85. The van der Waals surface area contributed by atoms with Crippen LogP contribution in [-0.4, -0.2) is 34.3 Å². The van der Waals surface area contributed by atoms with Gasteiger partial charge in [0, 0.05) is 6.04 Å². The van der Waals surface area contributed by atoms with Crippen LogP contribution in [0.15, 0.2) is 0 Å². The van der Waals surface area contributed by atoms with Crippen molar-refractivity contribution in [1.29, 1.82) is 0 Å². The van der Waals surface area contributed by atoms with Crippen LogP contribution < -0.4 is 5.32 Å². The van der Waals surface area contributed by atoms with Crippen LogP contribution in [-0.2, 0) is 9.59 Å². The van der Waals surface area contributed by atoms with Crippen molar-refractivity contribution in [3.8, 4) is 0 Å². The van der Waals surface area contributed by atoms with Gasteiger partial charge in [-0.2, -0.15) is 0 Å². The first-order valence-electron chi connectivity index (χ1n) is 7.85. The van der Waals surface area contributed by atoms with Crippen LogP contribution >= 0.6 is 0 Å². The normalized spacial score (nSPS) is 32.6. The number of amides is 2. The number of nitrogens with one attached hydrogen (secondary N) is 1. The lowest BCUT2D eigenvalue weighted by Crippen LogP contribution is -2.73. The Bertz CT molecular complexity index is 407. The molecule has 2 fully saturated rings. The highest BCUT2D eigenvalue weighted by molar-refractivity contribution is 6.00. The van der Waals surface area contributed by atoms with Crippen LogP contribution in [0.2, 0.25) is 0 Å². The number of piperazine rings is 1. The van der Waals surface area contributed by atoms with Gasteiger partial charge in [0.2, 0.25) is 11.8 Å². The fraction of sp³-hybridized carbons (Fsp3) is 0.875. The van der Waals surface area contributed by atoms with Gasteiger partial charge < -0.3 is 10.2 Å². The summed E-state index contributed by atoms with van der Waals surface area (Å²) < 4.78 is 0. The molecule has 2 atom stereocenters. The van der Waals surface area contributed by atoms with Gasteiger partial charge in [0.15, 0.2) is 0 Å². The van der Waals surface area contributed by atoms with E-state index in [1.54, 1.807) is 0 Å². The molecule has 0 bridgehead atoms. The van der Waals surface area contributed by atoms with Gasteiger partial charge >= 0.3 is 0 Å². The van der Waals surface area contributed by atoms with Crippen molar-refractivity contribution in [2.75, 3.05) is 0 Å². The van der Waals surface area contributed by atoms with Crippen LogP contribution in [0.5, 0.6) is 0 Å². The second-order valence-electron chi connectivity index (χ2n) is 7.59. The molecule has 20 heavy (non-hydrogen) atoms. The summed E-state index contributed by atoms with van der Waals surface area (Å²) in [4.78, 5) is 27.5. The molecule has 2 aliphatic rings. The lowest BCUT2D eigenvalue weighted by atomic mass is 9.79. The highest BCUT2D eigenvalue weighted by Gasteiger charge is 2.52. The Hall–Kier alpha value is -1.06. The Balaban J connectivity index is 2.41. The molecule has 1 saturated heterocycles. The molecule has 2 amide bonds. The highest BCUT2D eigenvalue weighted by Crippen LogP contribution is 2.37. The number of nitrogens with zero attached hydrogens (tertiary/aromatic N) is 1. The van der Waals surface area contributed by atoms with Gasteiger partial charge in [-0.1, -0.05) is 40.5 Å². The van der Waals surface area contributed by atoms with Crippen LogP contribution in [0.25, 0.3) is 0 Å². The first-order chi connectivity index (χ1) is 9.20. The van der Waals surface area contributed by atoms with Gasteiger partial charge in [0.1, 0.15) is 11.6 Å². The molecule has 0 aromatic carbocycles. The first-order valence-corrected chi connectivity index (χ1v) is 7.85. The molecule has 1 saturated carbocycles. The van der Waals surface area contributed by atoms with Crippen LogP contribution in [0.1, 0.15) is 66.7 Å². The second-order valence-corrected chi connectivity index (χ2v) is 7.59. The highest BCUT2D eigenvalue weighted by atomic mass is 16.2. The standard InChI is InChI=1S/C16H28N2O2/c1-6-16(5)14(20)18(11-9-7-8-10-11)12(13(19)17-16)15(2,3)4/h11-12H,6-10H2,1-5H3,(H,17,19). The zero-order valence-electron chi connectivity index (χ0n) is 13.5. The van der Waals surface area contributed by atoms with E-state index in [0.717, 1.165) is 25.7 Å². The van der Waals surface area contributed by atoms with Crippen molar-refractivity contribution in [1.82, 2.24) is 10.2 Å². The van der Waals surface area contributed by atoms with E-state index < -0.39 is 5.54 Å². The number of carbonyl (C=O) groups is 2. The van der Waals surface area contributed by atoms with E-state index >= 15 is 0 Å². The molecule has 114 valence electrons. The predicted molar refractivity (Wildman–Crippen MR) is 79.2 cm³/mol. The molecule has 2 rings (SSSR count). The van der Waals surface area contributed by atoms with E-state index in [-0.39, 0.29) is 29.3 Å². The first kappa shape index (κ1) is 15.3. The zero-order chi connectivity index (χ0) is 15.1. The smallest absolute Gasteiger partial charge is 0.248 e. The third kappa shape index (κ3) is 2.45. The Morgan fingerprint density at radius 3 is 2.25 bits per heavy atom. The van der Waals surface area contributed by atoms with Gasteiger partial charge in [-0.3, -0.25) is 9.59 Å². The molecule has 1 heterocycles. The minimum atomic E-state index is -0.735. The summed E-state index contributed by atoms with van der Waals surface area (Å²) in [7, 11) is 0. The minimum Gasteiger partial charge on any atom is -0.340 e. The number of hydrogen-bond acceptors (Lipinski definition) is 2.